The maximum absolute atomic E-state index is 11.6. The molecule has 1 aliphatic heterocycles. The highest BCUT2D eigenvalue weighted by Crippen LogP contribution is 2.12. The average Bonchev–Trinajstić information content (AvgIpc) is 2.19. The number of rotatable bonds is 1. The summed E-state index contributed by atoms with van der Waals surface area (Å²) < 4.78 is 0. The first-order valence-electron chi connectivity index (χ1n) is 4.48. The SMILES string of the molecule is CN1CCc2nc(NN)[nH]c(=O)c2C1. The van der Waals surface area contributed by atoms with Gasteiger partial charge in [0, 0.05) is 19.5 Å². The Labute approximate surface area is 81.1 Å². The molecule has 1 aliphatic rings. The molecule has 0 atom stereocenters. The smallest absolute Gasteiger partial charge is 0.257 e. The van der Waals surface area contributed by atoms with Crippen LogP contribution in [0.1, 0.15) is 11.3 Å². The molecular weight excluding hydrogens is 182 g/mol. The molecule has 2 rings (SSSR count). The van der Waals surface area contributed by atoms with Crippen LogP contribution in [0.5, 0.6) is 0 Å². The van der Waals surface area contributed by atoms with Gasteiger partial charge in [-0.2, -0.15) is 0 Å². The minimum Gasteiger partial charge on any atom is -0.301 e. The van der Waals surface area contributed by atoms with E-state index in [1.165, 1.54) is 0 Å². The number of nitrogens with two attached hydrogens (primary N) is 1. The van der Waals surface area contributed by atoms with Crippen LogP contribution in [-0.4, -0.2) is 28.5 Å². The van der Waals surface area contributed by atoms with Crippen molar-refractivity contribution in [1.82, 2.24) is 14.9 Å². The number of anilines is 1. The molecule has 0 bridgehead atoms. The second kappa shape index (κ2) is 3.39. The van der Waals surface area contributed by atoms with Crippen molar-refractivity contribution in [2.75, 3.05) is 19.0 Å². The third-order valence-electron chi connectivity index (χ3n) is 2.40. The molecule has 0 unspecified atom stereocenters. The van der Waals surface area contributed by atoms with Crippen LogP contribution in [0.15, 0.2) is 4.79 Å². The molecule has 0 amide bonds. The number of hydrogen-bond acceptors (Lipinski definition) is 5. The Morgan fingerprint density at radius 2 is 2.43 bits per heavy atom. The number of likely N-dealkylation sites (N-methyl/N-ethyl adjacent to an activating group) is 1. The van der Waals surface area contributed by atoms with Crippen molar-refractivity contribution in [3.8, 4) is 0 Å². The summed E-state index contributed by atoms with van der Waals surface area (Å²) in [6.07, 6.45) is 0.796. The summed E-state index contributed by atoms with van der Waals surface area (Å²) in [6.45, 7) is 1.58. The van der Waals surface area contributed by atoms with Crippen LogP contribution in [0.3, 0.4) is 0 Å². The summed E-state index contributed by atoms with van der Waals surface area (Å²) in [5, 5.41) is 0. The Kier molecular flexibility index (Phi) is 2.22. The monoisotopic (exact) mass is 195 g/mol. The topological polar surface area (TPSA) is 87.0 Å². The highest BCUT2D eigenvalue weighted by Gasteiger charge is 2.18. The van der Waals surface area contributed by atoms with Gasteiger partial charge in [0.25, 0.3) is 5.56 Å². The van der Waals surface area contributed by atoms with Crippen molar-refractivity contribution in [1.29, 1.82) is 0 Å². The number of aromatic amines is 1. The van der Waals surface area contributed by atoms with E-state index in [0.717, 1.165) is 24.2 Å². The number of nitrogens with zero attached hydrogens (tertiary/aromatic N) is 2. The Bertz CT molecular complexity index is 399. The van der Waals surface area contributed by atoms with Crippen molar-refractivity contribution in [2.24, 2.45) is 5.84 Å². The number of nitrogen functional groups attached to an aromatic ring is 1. The van der Waals surface area contributed by atoms with Gasteiger partial charge < -0.3 is 4.90 Å². The molecule has 0 aromatic carbocycles. The third-order valence-corrected chi connectivity index (χ3v) is 2.40. The van der Waals surface area contributed by atoms with Crippen molar-refractivity contribution in [2.45, 2.75) is 13.0 Å². The van der Waals surface area contributed by atoms with Crippen LogP contribution in [0.4, 0.5) is 5.95 Å². The molecule has 0 aliphatic carbocycles. The summed E-state index contributed by atoms with van der Waals surface area (Å²) in [5.74, 6) is 5.52. The fourth-order valence-corrected chi connectivity index (χ4v) is 1.63. The molecule has 14 heavy (non-hydrogen) atoms. The van der Waals surface area contributed by atoms with Gasteiger partial charge in [0.05, 0.1) is 11.3 Å². The van der Waals surface area contributed by atoms with Crippen LogP contribution in [0.2, 0.25) is 0 Å². The van der Waals surface area contributed by atoms with Gasteiger partial charge in [-0.1, -0.05) is 0 Å². The third kappa shape index (κ3) is 1.49. The zero-order chi connectivity index (χ0) is 10.1. The molecule has 6 heteroatoms. The van der Waals surface area contributed by atoms with E-state index in [1.807, 2.05) is 7.05 Å². The van der Waals surface area contributed by atoms with E-state index in [1.54, 1.807) is 0 Å². The maximum atomic E-state index is 11.6. The highest BCUT2D eigenvalue weighted by molar-refractivity contribution is 5.29. The lowest BCUT2D eigenvalue weighted by molar-refractivity contribution is 0.308. The molecule has 0 saturated heterocycles. The fraction of sp³-hybridized carbons (Fsp3) is 0.500. The zero-order valence-corrected chi connectivity index (χ0v) is 8.00. The van der Waals surface area contributed by atoms with E-state index in [0.29, 0.717) is 12.5 Å². The number of hydrogen-bond donors (Lipinski definition) is 3. The Morgan fingerprint density at radius 3 is 3.14 bits per heavy atom. The van der Waals surface area contributed by atoms with Gasteiger partial charge in [0.1, 0.15) is 0 Å². The largest absolute Gasteiger partial charge is 0.301 e. The van der Waals surface area contributed by atoms with Gasteiger partial charge in [-0.3, -0.25) is 15.2 Å². The minimum atomic E-state index is -0.102. The zero-order valence-electron chi connectivity index (χ0n) is 8.00. The average molecular weight is 195 g/mol. The number of H-pyrrole nitrogens is 1. The summed E-state index contributed by atoms with van der Waals surface area (Å²) in [6, 6.07) is 0. The van der Waals surface area contributed by atoms with Gasteiger partial charge in [0.2, 0.25) is 5.95 Å². The molecule has 0 fully saturated rings. The Balaban J connectivity index is 2.48. The second-order valence-corrected chi connectivity index (χ2v) is 3.47. The van der Waals surface area contributed by atoms with Gasteiger partial charge in [-0.05, 0) is 7.05 Å². The molecule has 1 aromatic rings. The molecule has 76 valence electrons. The van der Waals surface area contributed by atoms with Crippen molar-refractivity contribution in [3.63, 3.8) is 0 Å². The van der Waals surface area contributed by atoms with Gasteiger partial charge in [0.15, 0.2) is 0 Å². The molecule has 0 spiro atoms. The normalized spacial score (nSPS) is 16.4. The summed E-state index contributed by atoms with van der Waals surface area (Å²) in [4.78, 5) is 20.4. The lowest BCUT2D eigenvalue weighted by atomic mass is 10.1. The number of aromatic nitrogens is 2. The molecular formula is C8H13N5O. The van der Waals surface area contributed by atoms with E-state index < -0.39 is 0 Å². The number of fused-ring (bicyclic) bond motifs is 1. The lowest BCUT2D eigenvalue weighted by Gasteiger charge is -2.23. The van der Waals surface area contributed by atoms with Crippen molar-refractivity contribution >= 4 is 5.95 Å². The minimum absolute atomic E-state index is 0.102. The molecule has 4 N–H and O–H groups in total. The predicted molar refractivity (Wildman–Crippen MR) is 52.7 cm³/mol. The Hall–Kier alpha value is -1.40. The molecule has 6 nitrogen and oxygen atoms in total. The lowest BCUT2D eigenvalue weighted by Crippen LogP contribution is -2.33. The first kappa shape index (κ1) is 9.17. The van der Waals surface area contributed by atoms with Crippen LogP contribution < -0.4 is 16.8 Å². The number of hydrazine groups is 1. The first-order valence-corrected chi connectivity index (χ1v) is 4.48. The molecule has 0 radical (unpaired) electrons. The molecule has 2 heterocycles. The standard InChI is InChI=1S/C8H13N5O/c1-13-3-2-6-5(4-13)7(14)11-8(10-6)12-9/h2-4,9H2,1H3,(H2,10,11,12,14). The number of nitrogens with one attached hydrogen (secondary N) is 2. The van der Waals surface area contributed by atoms with E-state index in [2.05, 4.69) is 20.3 Å². The van der Waals surface area contributed by atoms with Crippen molar-refractivity contribution < 1.29 is 0 Å². The van der Waals surface area contributed by atoms with E-state index in [9.17, 15) is 4.79 Å². The highest BCUT2D eigenvalue weighted by atomic mass is 16.1. The van der Waals surface area contributed by atoms with Crippen LogP contribution in [0, 0.1) is 0 Å². The van der Waals surface area contributed by atoms with Crippen LogP contribution in [-0.2, 0) is 13.0 Å². The van der Waals surface area contributed by atoms with E-state index in [-0.39, 0.29) is 5.56 Å². The Morgan fingerprint density at radius 1 is 1.64 bits per heavy atom. The van der Waals surface area contributed by atoms with E-state index >= 15 is 0 Å². The van der Waals surface area contributed by atoms with Crippen LogP contribution >= 0.6 is 0 Å². The maximum Gasteiger partial charge on any atom is 0.257 e. The van der Waals surface area contributed by atoms with E-state index in [4.69, 9.17) is 5.84 Å². The summed E-state index contributed by atoms with van der Waals surface area (Å²) >= 11 is 0. The predicted octanol–water partition coefficient (Wildman–Crippen LogP) is -0.957. The first-order chi connectivity index (χ1) is 6.70. The summed E-state index contributed by atoms with van der Waals surface area (Å²) in [7, 11) is 1.98. The quantitative estimate of drug-likeness (QED) is 0.397. The van der Waals surface area contributed by atoms with Gasteiger partial charge in [-0.15, -0.1) is 0 Å². The fourth-order valence-electron chi connectivity index (χ4n) is 1.63. The molecule has 0 saturated carbocycles. The second-order valence-electron chi connectivity index (χ2n) is 3.47. The summed E-state index contributed by atoms with van der Waals surface area (Å²) in [5.41, 5.74) is 3.84. The van der Waals surface area contributed by atoms with Crippen LogP contribution in [0.25, 0.3) is 0 Å². The van der Waals surface area contributed by atoms with Gasteiger partial charge in [-0.25, -0.2) is 10.8 Å². The molecule has 1 aromatic heterocycles. The van der Waals surface area contributed by atoms with Gasteiger partial charge >= 0.3 is 0 Å². The van der Waals surface area contributed by atoms with Crippen molar-refractivity contribution in [3.05, 3.63) is 21.6 Å².